The lowest BCUT2D eigenvalue weighted by Gasteiger charge is -2.43. The van der Waals surface area contributed by atoms with E-state index in [0.29, 0.717) is 12.0 Å². The van der Waals surface area contributed by atoms with Crippen molar-refractivity contribution in [3.05, 3.63) is 43.5 Å². The predicted octanol–water partition coefficient (Wildman–Crippen LogP) is 5.68. The van der Waals surface area contributed by atoms with E-state index in [9.17, 15) is 0 Å². The van der Waals surface area contributed by atoms with Gasteiger partial charge in [-0.3, -0.25) is 4.90 Å². The van der Waals surface area contributed by atoms with Crippen molar-refractivity contribution in [2.75, 3.05) is 13.1 Å². The van der Waals surface area contributed by atoms with Crippen LogP contribution in [0.25, 0.3) is 10.9 Å². The van der Waals surface area contributed by atoms with Crippen LogP contribution in [-0.2, 0) is 6.42 Å². The minimum atomic E-state index is 0.505. The molecule has 1 aromatic carbocycles. The van der Waals surface area contributed by atoms with Gasteiger partial charge in [-0.2, -0.15) is 0 Å². The highest BCUT2D eigenvalue weighted by Gasteiger charge is 2.37. The highest BCUT2D eigenvalue weighted by Crippen LogP contribution is 2.47. The van der Waals surface area contributed by atoms with Crippen molar-refractivity contribution in [1.82, 2.24) is 9.88 Å². The van der Waals surface area contributed by atoms with Gasteiger partial charge in [0.2, 0.25) is 0 Å². The smallest absolute Gasteiger partial charge is 0.0617 e. The van der Waals surface area contributed by atoms with E-state index >= 15 is 0 Å². The van der Waals surface area contributed by atoms with Crippen LogP contribution in [0.15, 0.2) is 26.7 Å². The van der Waals surface area contributed by atoms with Crippen LogP contribution >= 0.6 is 31.9 Å². The van der Waals surface area contributed by atoms with E-state index in [1.165, 1.54) is 46.3 Å². The summed E-state index contributed by atoms with van der Waals surface area (Å²) in [6.45, 7) is 9.09. The quantitative estimate of drug-likeness (QED) is 0.598. The van der Waals surface area contributed by atoms with E-state index in [2.05, 4.69) is 74.7 Å². The molecule has 1 aliphatic heterocycles. The molecule has 0 amide bonds. The van der Waals surface area contributed by atoms with Crippen LogP contribution in [-0.4, -0.2) is 29.0 Å². The molecule has 122 valence electrons. The van der Waals surface area contributed by atoms with Crippen molar-refractivity contribution in [2.45, 2.75) is 45.6 Å². The molecular formula is C19H22Br2N2. The Morgan fingerprint density at radius 3 is 2.83 bits per heavy atom. The fourth-order valence-electron chi connectivity index (χ4n) is 4.49. The monoisotopic (exact) mass is 436 g/mol. The SMILES string of the molecule is CCCN1CC(C)=C[C@@H]2c3cc(Br)c(Br)c4[nH]c(C)c(c34)C[C@H]21. The number of nitrogens with one attached hydrogen (secondary N) is 1. The van der Waals surface area contributed by atoms with Crippen LogP contribution in [0.4, 0.5) is 0 Å². The number of aromatic nitrogens is 1. The first-order chi connectivity index (χ1) is 11.0. The molecule has 0 fully saturated rings. The molecule has 1 aromatic heterocycles. The van der Waals surface area contributed by atoms with Crippen LogP contribution in [0.1, 0.15) is 43.0 Å². The molecule has 0 saturated carbocycles. The Balaban J connectivity index is 1.96. The summed E-state index contributed by atoms with van der Waals surface area (Å²) in [7, 11) is 0. The van der Waals surface area contributed by atoms with Gasteiger partial charge in [-0.15, -0.1) is 0 Å². The molecule has 2 nitrogen and oxygen atoms in total. The van der Waals surface area contributed by atoms with Crippen LogP contribution in [0.3, 0.4) is 0 Å². The van der Waals surface area contributed by atoms with Gasteiger partial charge < -0.3 is 4.98 Å². The maximum Gasteiger partial charge on any atom is 0.0617 e. The summed E-state index contributed by atoms with van der Waals surface area (Å²) in [4.78, 5) is 6.31. The fourth-order valence-corrected chi connectivity index (χ4v) is 5.34. The Bertz CT molecular complexity index is 819. The minimum Gasteiger partial charge on any atom is -0.357 e. The first-order valence-electron chi connectivity index (χ1n) is 8.41. The van der Waals surface area contributed by atoms with Gasteiger partial charge in [0.25, 0.3) is 0 Å². The molecule has 1 aliphatic carbocycles. The summed E-state index contributed by atoms with van der Waals surface area (Å²) in [5, 5.41) is 1.45. The molecule has 0 radical (unpaired) electrons. The van der Waals surface area contributed by atoms with Gasteiger partial charge >= 0.3 is 0 Å². The van der Waals surface area contributed by atoms with Crippen LogP contribution in [0.5, 0.6) is 0 Å². The van der Waals surface area contributed by atoms with Crippen LogP contribution in [0.2, 0.25) is 0 Å². The zero-order valence-electron chi connectivity index (χ0n) is 13.8. The van der Waals surface area contributed by atoms with E-state index in [1.54, 1.807) is 0 Å². The number of halogens is 2. The maximum atomic E-state index is 3.75. The third kappa shape index (κ3) is 2.37. The molecule has 0 saturated heterocycles. The Labute approximate surface area is 154 Å². The van der Waals surface area contributed by atoms with Gasteiger partial charge in [-0.1, -0.05) is 18.6 Å². The zero-order chi connectivity index (χ0) is 16.3. The van der Waals surface area contributed by atoms with E-state index in [0.717, 1.165) is 21.9 Å². The van der Waals surface area contributed by atoms with Gasteiger partial charge in [0.1, 0.15) is 0 Å². The predicted molar refractivity (Wildman–Crippen MR) is 104 cm³/mol. The van der Waals surface area contributed by atoms with Crippen molar-refractivity contribution in [2.24, 2.45) is 0 Å². The van der Waals surface area contributed by atoms with Gasteiger partial charge in [-0.05, 0) is 82.3 Å². The number of aromatic amines is 1. The van der Waals surface area contributed by atoms with Crippen molar-refractivity contribution < 1.29 is 0 Å². The molecule has 4 rings (SSSR count). The second-order valence-electron chi connectivity index (χ2n) is 7.02. The van der Waals surface area contributed by atoms with E-state index in [1.807, 2.05) is 0 Å². The van der Waals surface area contributed by atoms with Gasteiger partial charge in [0.05, 0.1) is 9.99 Å². The normalized spacial score (nSPS) is 24.0. The van der Waals surface area contributed by atoms with Gasteiger partial charge in [-0.25, -0.2) is 0 Å². The number of hydrogen-bond acceptors (Lipinski definition) is 1. The van der Waals surface area contributed by atoms with Gasteiger partial charge in [0.15, 0.2) is 0 Å². The molecule has 2 aromatic rings. The third-order valence-corrected chi connectivity index (χ3v) is 7.38. The standard InChI is InChI=1S/C19H22Br2N2/c1-4-5-23-9-10(2)6-13-14-7-15(20)18(21)19-17(14)12(8-16(13)23)11(3)22-19/h6-7,13,16,22H,4-5,8-9H2,1-3H3/t13-,16-/m1/s1. The number of hydrogen-bond donors (Lipinski definition) is 1. The first-order valence-corrected chi connectivity index (χ1v) is 10.00. The fraction of sp³-hybridized carbons (Fsp3) is 0.474. The number of rotatable bonds is 2. The Morgan fingerprint density at radius 1 is 1.30 bits per heavy atom. The second kappa shape index (κ2) is 5.75. The summed E-state index contributed by atoms with van der Waals surface area (Å²) in [5.74, 6) is 0.505. The number of H-pyrrole nitrogens is 1. The zero-order valence-corrected chi connectivity index (χ0v) is 17.0. The lowest BCUT2D eigenvalue weighted by molar-refractivity contribution is 0.182. The molecule has 4 heteroatoms. The molecule has 1 N–H and O–H groups in total. The molecule has 2 aliphatic rings. The average Bonchev–Trinajstić information content (AvgIpc) is 2.84. The summed E-state index contributed by atoms with van der Waals surface area (Å²) in [5.41, 5.74) is 7.06. The number of benzene rings is 1. The lowest BCUT2D eigenvalue weighted by atomic mass is 9.76. The van der Waals surface area contributed by atoms with Crippen molar-refractivity contribution in [3.8, 4) is 0 Å². The molecule has 2 heterocycles. The number of fused-ring (bicyclic) bond motifs is 2. The highest BCUT2D eigenvalue weighted by molar-refractivity contribution is 9.13. The lowest BCUT2D eigenvalue weighted by Crippen LogP contribution is -2.46. The summed E-state index contributed by atoms with van der Waals surface area (Å²) in [6.07, 6.45) is 4.88. The second-order valence-corrected chi connectivity index (χ2v) is 8.67. The molecule has 2 atom stereocenters. The van der Waals surface area contributed by atoms with E-state index < -0.39 is 0 Å². The topological polar surface area (TPSA) is 19.0 Å². The molecule has 0 spiro atoms. The first kappa shape index (κ1) is 15.9. The van der Waals surface area contributed by atoms with Crippen molar-refractivity contribution in [3.63, 3.8) is 0 Å². The Morgan fingerprint density at radius 2 is 2.09 bits per heavy atom. The molecule has 23 heavy (non-hydrogen) atoms. The average molecular weight is 438 g/mol. The van der Waals surface area contributed by atoms with Crippen molar-refractivity contribution in [1.29, 1.82) is 0 Å². The number of nitrogens with zero attached hydrogens (tertiary/aromatic N) is 1. The Hall–Kier alpha value is -0.580. The van der Waals surface area contributed by atoms with Gasteiger partial charge in [0, 0.05) is 34.1 Å². The summed E-state index contributed by atoms with van der Waals surface area (Å²) in [6, 6.07) is 2.93. The summed E-state index contributed by atoms with van der Waals surface area (Å²) >= 11 is 7.49. The third-order valence-electron chi connectivity index (χ3n) is 5.40. The molecule has 0 bridgehead atoms. The van der Waals surface area contributed by atoms with Crippen molar-refractivity contribution >= 4 is 42.8 Å². The molecule has 0 unspecified atom stereocenters. The van der Waals surface area contributed by atoms with Crippen LogP contribution in [0, 0.1) is 6.92 Å². The van der Waals surface area contributed by atoms with E-state index in [4.69, 9.17) is 0 Å². The number of aryl methyl sites for hydroxylation is 1. The largest absolute Gasteiger partial charge is 0.357 e. The van der Waals surface area contributed by atoms with E-state index in [-0.39, 0.29) is 0 Å². The minimum absolute atomic E-state index is 0.505. The Kier molecular flexibility index (Phi) is 3.98. The maximum absolute atomic E-state index is 3.75. The highest BCUT2D eigenvalue weighted by atomic mass is 79.9. The molecular weight excluding hydrogens is 416 g/mol. The summed E-state index contributed by atoms with van der Waals surface area (Å²) < 4.78 is 2.29. The van der Waals surface area contributed by atoms with Crippen LogP contribution < -0.4 is 0 Å².